The predicted octanol–water partition coefficient (Wildman–Crippen LogP) is 7.04. The maximum Gasteiger partial charge on any atom is 0.416 e. The van der Waals surface area contributed by atoms with Crippen LogP contribution in [0.15, 0.2) is 60.7 Å². The van der Waals surface area contributed by atoms with Gasteiger partial charge in [0.25, 0.3) is 5.91 Å². The fourth-order valence-corrected chi connectivity index (χ4v) is 4.78. The van der Waals surface area contributed by atoms with Crippen LogP contribution < -0.4 is 10.6 Å². The number of rotatable bonds is 14. The molecule has 0 heterocycles. The van der Waals surface area contributed by atoms with Gasteiger partial charge >= 0.3 is 6.18 Å². The lowest BCUT2D eigenvalue weighted by Gasteiger charge is -2.21. The number of aryl methyl sites for hydroxylation is 1. The van der Waals surface area contributed by atoms with Gasteiger partial charge in [-0.25, -0.2) is 8.78 Å². The zero-order valence-corrected chi connectivity index (χ0v) is 23.8. The first-order valence-corrected chi connectivity index (χ1v) is 13.8. The van der Waals surface area contributed by atoms with Crippen LogP contribution >= 0.6 is 0 Å². The van der Waals surface area contributed by atoms with Crippen molar-refractivity contribution < 1.29 is 26.7 Å². The third kappa shape index (κ3) is 10.9. The molecule has 0 aliphatic carbocycles. The van der Waals surface area contributed by atoms with E-state index in [2.05, 4.69) is 22.5 Å². The number of hydrogen-bond acceptors (Lipinski definition) is 3. The number of nitrogens with one attached hydrogen (secondary N) is 2. The van der Waals surface area contributed by atoms with Crippen LogP contribution in [0.25, 0.3) is 0 Å². The van der Waals surface area contributed by atoms with E-state index in [1.165, 1.54) is 18.2 Å². The Morgan fingerprint density at radius 1 is 0.951 bits per heavy atom. The van der Waals surface area contributed by atoms with Crippen LogP contribution in [0, 0.1) is 18.6 Å². The molecule has 0 aliphatic rings. The summed E-state index contributed by atoms with van der Waals surface area (Å²) in [7, 11) is 2.04. The molecule has 3 aromatic carbocycles. The molecule has 1 atom stereocenters. The third-order valence-corrected chi connectivity index (χ3v) is 6.74. The molecule has 0 unspecified atom stereocenters. The van der Waals surface area contributed by atoms with E-state index in [-0.39, 0.29) is 18.9 Å². The van der Waals surface area contributed by atoms with Crippen LogP contribution in [0.4, 0.5) is 22.0 Å². The minimum absolute atomic E-state index is 0.185. The smallest absolute Gasteiger partial charge is 0.349 e. The molecular weight excluding hydrogens is 537 g/mol. The highest BCUT2D eigenvalue weighted by Gasteiger charge is 2.30. The number of unbranched alkanes of at least 4 members (excludes halogenated alkanes) is 1. The van der Waals surface area contributed by atoms with E-state index in [1.807, 2.05) is 26.1 Å². The minimum atomic E-state index is -4.42. The zero-order valence-electron chi connectivity index (χ0n) is 23.8. The van der Waals surface area contributed by atoms with Crippen LogP contribution in [0.1, 0.15) is 64.4 Å². The lowest BCUT2D eigenvalue weighted by Crippen LogP contribution is -2.38. The van der Waals surface area contributed by atoms with Crippen LogP contribution in [-0.4, -0.2) is 37.0 Å². The van der Waals surface area contributed by atoms with E-state index in [0.29, 0.717) is 36.2 Å². The Bertz CT molecular complexity index is 1270. The average molecular weight is 576 g/mol. The van der Waals surface area contributed by atoms with Gasteiger partial charge in [-0.3, -0.25) is 4.79 Å². The topological polar surface area (TPSA) is 44.4 Å². The quantitative estimate of drug-likeness (QED) is 0.160. The molecule has 0 saturated carbocycles. The van der Waals surface area contributed by atoms with Crippen molar-refractivity contribution in [2.24, 2.45) is 0 Å². The van der Waals surface area contributed by atoms with Gasteiger partial charge in [-0.1, -0.05) is 43.2 Å². The third-order valence-electron chi connectivity index (χ3n) is 6.74. The van der Waals surface area contributed by atoms with Crippen LogP contribution in [0.3, 0.4) is 0 Å². The highest BCUT2D eigenvalue weighted by molar-refractivity contribution is 5.94. The lowest BCUT2D eigenvalue weighted by molar-refractivity contribution is -0.137. The summed E-state index contributed by atoms with van der Waals surface area (Å²) in [6.07, 6.45) is -1.67. The molecule has 2 N–H and O–H groups in total. The number of amides is 1. The molecule has 0 saturated heterocycles. The van der Waals surface area contributed by atoms with Crippen molar-refractivity contribution in [3.05, 3.63) is 106 Å². The van der Waals surface area contributed by atoms with Gasteiger partial charge in [0, 0.05) is 30.8 Å². The lowest BCUT2D eigenvalue weighted by atomic mass is 10.0. The highest BCUT2D eigenvalue weighted by atomic mass is 19.4. The second kappa shape index (κ2) is 15.1. The monoisotopic (exact) mass is 575 g/mol. The Labute approximate surface area is 239 Å². The summed E-state index contributed by atoms with van der Waals surface area (Å²) >= 11 is 0. The average Bonchev–Trinajstić information content (AvgIpc) is 2.88. The molecule has 0 radical (unpaired) electrons. The Balaban J connectivity index is 1.70. The van der Waals surface area contributed by atoms with Crippen molar-refractivity contribution in [3.8, 4) is 0 Å². The van der Waals surface area contributed by atoms with Gasteiger partial charge in [-0.15, -0.1) is 0 Å². The van der Waals surface area contributed by atoms with Crippen molar-refractivity contribution in [1.29, 1.82) is 0 Å². The van der Waals surface area contributed by atoms with Gasteiger partial charge in [0.15, 0.2) is 0 Å². The number of carbonyl (C=O) groups excluding carboxylic acids is 1. The number of carbonyl (C=O) groups is 1. The molecular formula is C32H38F5N3O. The second-order valence-corrected chi connectivity index (χ2v) is 10.6. The molecule has 0 fully saturated rings. The van der Waals surface area contributed by atoms with Gasteiger partial charge in [0.1, 0.15) is 11.6 Å². The summed E-state index contributed by atoms with van der Waals surface area (Å²) in [5.41, 5.74) is 2.61. The molecule has 4 nitrogen and oxygen atoms in total. The van der Waals surface area contributed by atoms with Crippen molar-refractivity contribution in [2.45, 2.75) is 64.8 Å². The van der Waals surface area contributed by atoms with Gasteiger partial charge in [-0.05, 0) is 93.3 Å². The van der Waals surface area contributed by atoms with E-state index in [1.54, 1.807) is 12.1 Å². The molecule has 41 heavy (non-hydrogen) atoms. The maximum atomic E-state index is 13.9. The van der Waals surface area contributed by atoms with E-state index in [9.17, 15) is 26.7 Å². The summed E-state index contributed by atoms with van der Waals surface area (Å²) in [5.74, 6) is -1.71. The number of halogens is 5. The van der Waals surface area contributed by atoms with Crippen LogP contribution in [0.5, 0.6) is 0 Å². The first kappa shape index (κ1) is 32.2. The molecule has 1 amide bonds. The molecule has 3 rings (SSSR count). The summed E-state index contributed by atoms with van der Waals surface area (Å²) in [6, 6.07) is 13.6. The van der Waals surface area contributed by atoms with E-state index >= 15 is 0 Å². The predicted molar refractivity (Wildman–Crippen MR) is 152 cm³/mol. The Morgan fingerprint density at radius 3 is 2.37 bits per heavy atom. The van der Waals surface area contributed by atoms with Crippen molar-refractivity contribution in [1.82, 2.24) is 15.5 Å². The SMILES string of the molecule is CCCCN(C)Cc1cc(C)cc(C(=O)N[C@H](CCNCc2cccc(C(F)(F)F)c2)Cc2cc(F)cc(F)c2)c1. The summed E-state index contributed by atoms with van der Waals surface area (Å²) < 4.78 is 66.8. The molecule has 222 valence electrons. The van der Waals surface area contributed by atoms with Crippen LogP contribution in [0.2, 0.25) is 0 Å². The molecule has 9 heteroatoms. The summed E-state index contributed by atoms with van der Waals surface area (Å²) in [6.45, 7) is 6.28. The largest absolute Gasteiger partial charge is 0.416 e. The van der Waals surface area contributed by atoms with E-state index < -0.39 is 29.4 Å². The summed E-state index contributed by atoms with van der Waals surface area (Å²) in [4.78, 5) is 15.5. The first-order chi connectivity index (χ1) is 19.4. The minimum Gasteiger partial charge on any atom is -0.349 e. The Kier molecular flexibility index (Phi) is 11.8. The zero-order chi connectivity index (χ0) is 30.0. The molecule has 0 bridgehead atoms. The molecule has 0 aromatic heterocycles. The maximum absolute atomic E-state index is 13.9. The number of hydrogen-bond donors (Lipinski definition) is 2. The van der Waals surface area contributed by atoms with Gasteiger partial charge in [-0.2, -0.15) is 13.2 Å². The number of nitrogens with zero attached hydrogens (tertiary/aromatic N) is 1. The van der Waals surface area contributed by atoms with Gasteiger partial charge in [0.05, 0.1) is 5.56 Å². The molecule has 0 aliphatic heterocycles. The fraction of sp³-hybridized carbons (Fsp3) is 0.406. The highest BCUT2D eigenvalue weighted by Crippen LogP contribution is 2.29. The number of benzene rings is 3. The molecule has 0 spiro atoms. The Hall–Kier alpha value is -3.30. The van der Waals surface area contributed by atoms with Crippen molar-refractivity contribution >= 4 is 5.91 Å². The standard InChI is InChI=1S/C32H38F5N3O/c1-4-5-11-40(3)21-25-12-22(2)13-26(14-25)31(41)39-30(18-24-16-28(33)19-29(34)17-24)9-10-38-20-23-7-6-8-27(15-23)32(35,36)37/h6-8,12-17,19,30,38H,4-5,9-11,18,20-21H2,1-3H3,(H,39,41)/t30-/m1/s1. The molecule has 3 aromatic rings. The Morgan fingerprint density at radius 2 is 1.68 bits per heavy atom. The van der Waals surface area contributed by atoms with E-state index in [4.69, 9.17) is 0 Å². The van der Waals surface area contributed by atoms with Crippen LogP contribution in [-0.2, 0) is 25.7 Å². The summed E-state index contributed by atoms with van der Waals surface area (Å²) in [5, 5.41) is 6.12. The normalized spacial score (nSPS) is 12.5. The van der Waals surface area contributed by atoms with Crippen molar-refractivity contribution in [3.63, 3.8) is 0 Å². The number of alkyl halides is 3. The second-order valence-electron chi connectivity index (χ2n) is 10.6. The van der Waals surface area contributed by atoms with Gasteiger partial charge < -0.3 is 15.5 Å². The fourth-order valence-electron chi connectivity index (χ4n) is 4.78. The van der Waals surface area contributed by atoms with Crippen molar-refractivity contribution in [2.75, 3.05) is 20.1 Å². The van der Waals surface area contributed by atoms with E-state index in [0.717, 1.165) is 48.7 Å². The first-order valence-electron chi connectivity index (χ1n) is 13.8. The van der Waals surface area contributed by atoms with Gasteiger partial charge in [0.2, 0.25) is 0 Å².